The molecule has 3 atom stereocenters. The van der Waals surface area contributed by atoms with Gasteiger partial charge in [0.05, 0.1) is 6.61 Å². The van der Waals surface area contributed by atoms with Gasteiger partial charge in [-0.3, -0.25) is 4.98 Å². The second kappa shape index (κ2) is 11.3. The predicted octanol–water partition coefficient (Wildman–Crippen LogP) is 2.88. The highest BCUT2D eigenvalue weighted by atomic mass is 32.2. The van der Waals surface area contributed by atoms with Gasteiger partial charge in [0.25, 0.3) is 0 Å². The fraction of sp³-hybridized carbons (Fsp3) is 0.577. The Morgan fingerprint density at radius 1 is 1.20 bits per heavy atom. The number of hydrogen-bond acceptors (Lipinski definition) is 7. The van der Waals surface area contributed by atoms with E-state index in [4.69, 9.17) is 9.47 Å². The quantitative estimate of drug-likeness (QED) is 0.621. The van der Waals surface area contributed by atoms with E-state index >= 15 is 0 Å². The first-order valence-electron chi connectivity index (χ1n) is 12.4. The van der Waals surface area contributed by atoms with Gasteiger partial charge in [-0.1, -0.05) is 19.1 Å². The largest absolute Gasteiger partial charge is 0.487 e. The van der Waals surface area contributed by atoms with Gasteiger partial charge in [0, 0.05) is 62.8 Å². The van der Waals surface area contributed by atoms with Crippen LogP contribution < -0.4 is 4.74 Å². The number of pyridine rings is 1. The van der Waals surface area contributed by atoms with Crippen LogP contribution in [0.5, 0.6) is 5.75 Å². The second-order valence-corrected chi connectivity index (χ2v) is 11.8. The highest BCUT2D eigenvalue weighted by Gasteiger charge is 2.38. The first-order chi connectivity index (χ1) is 16.8. The molecule has 3 heterocycles. The minimum atomic E-state index is -3.86. The molecular weight excluding hydrogens is 466 g/mol. The molecule has 1 fully saturated rings. The van der Waals surface area contributed by atoms with Crippen molar-refractivity contribution in [2.45, 2.75) is 43.7 Å². The Morgan fingerprint density at radius 2 is 1.97 bits per heavy atom. The van der Waals surface area contributed by atoms with Crippen LogP contribution in [0.3, 0.4) is 0 Å². The molecule has 2 aliphatic rings. The van der Waals surface area contributed by atoms with Crippen LogP contribution in [0.2, 0.25) is 0 Å². The molecule has 9 heteroatoms. The van der Waals surface area contributed by atoms with Crippen molar-refractivity contribution in [3.8, 4) is 16.9 Å². The average molecular weight is 504 g/mol. The number of hydrogen-bond donors (Lipinski definition) is 1. The van der Waals surface area contributed by atoms with Gasteiger partial charge in [0.1, 0.15) is 16.7 Å². The highest BCUT2D eigenvalue weighted by molar-refractivity contribution is 7.89. The molecule has 0 bridgehead atoms. The topological polar surface area (TPSA) is 92.2 Å². The van der Waals surface area contributed by atoms with Crippen molar-refractivity contribution in [3.05, 3.63) is 42.7 Å². The Hall–Kier alpha value is -2.04. The molecule has 4 rings (SSSR count). The maximum Gasteiger partial charge on any atom is 0.247 e. The Morgan fingerprint density at radius 3 is 2.66 bits per heavy atom. The smallest absolute Gasteiger partial charge is 0.247 e. The third kappa shape index (κ3) is 6.03. The summed E-state index contributed by atoms with van der Waals surface area (Å²) in [5.41, 5.74) is 1.73. The molecular formula is C26H37N3O5S. The van der Waals surface area contributed by atoms with Crippen molar-refractivity contribution in [1.29, 1.82) is 0 Å². The number of sulfonamides is 1. The van der Waals surface area contributed by atoms with Gasteiger partial charge in [0.2, 0.25) is 10.0 Å². The summed E-state index contributed by atoms with van der Waals surface area (Å²) in [6.45, 7) is 7.05. The molecule has 2 aliphatic heterocycles. The molecule has 1 aromatic carbocycles. The lowest BCUT2D eigenvalue weighted by atomic mass is 9.98. The maximum absolute atomic E-state index is 13.7. The molecule has 0 unspecified atom stereocenters. The number of benzene rings is 1. The maximum atomic E-state index is 13.7. The Bertz CT molecular complexity index is 1080. The van der Waals surface area contributed by atoms with Gasteiger partial charge in [-0.25, -0.2) is 8.42 Å². The molecule has 0 saturated carbocycles. The van der Waals surface area contributed by atoms with Gasteiger partial charge >= 0.3 is 0 Å². The molecule has 0 aliphatic carbocycles. The zero-order valence-electron chi connectivity index (χ0n) is 20.8. The van der Waals surface area contributed by atoms with E-state index in [0.29, 0.717) is 18.2 Å². The van der Waals surface area contributed by atoms with Crippen molar-refractivity contribution in [2.24, 2.45) is 11.8 Å². The monoisotopic (exact) mass is 503 g/mol. The van der Waals surface area contributed by atoms with E-state index in [0.717, 1.165) is 43.7 Å². The third-order valence-electron chi connectivity index (χ3n) is 7.06. The minimum absolute atomic E-state index is 0.0777. The van der Waals surface area contributed by atoms with Gasteiger partial charge in [0.15, 0.2) is 0 Å². The van der Waals surface area contributed by atoms with Crippen LogP contribution >= 0.6 is 0 Å². The predicted molar refractivity (Wildman–Crippen MR) is 135 cm³/mol. The molecule has 2 aromatic rings. The van der Waals surface area contributed by atoms with Crippen LogP contribution in [0.1, 0.15) is 26.7 Å². The average Bonchev–Trinajstić information content (AvgIpc) is 2.86. The molecule has 0 spiro atoms. The highest BCUT2D eigenvalue weighted by Crippen LogP contribution is 2.36. The molecule has 0 radical (unpaired) electrons. The summed E-state index contributed by atoms with van der Waals surface area (Å²) in [6.07, 6.45) is 5.36. The molecule has 35 heavy (non-hydrogen) atoms. The second-order valence-electron chi connectivity index (χ2n) is 9.92. The summed E-state index contributed by atoms with van der Waals surface area (Å²) in [5, 5.41) is 9.84. The van der Waals surface area contributed by atoms with E-state index in [2.05, 4.69) is 16.9 Å². The van der Waals surface area contributed by atoms with Crippen LogP contribution in [0.15, 0.2) is 47.6 Å². The lowest BCUT2D eigenvalue weighted by Crippen LogP contribution is -2.50. The number of aromatic nitrogens is 1. The van der Waals surface area contributed by atoms with Crippen LogP contribution in [0, 0.1) is 11.8 Å². The number of rotatable bonds is 7. The number of fused-ring (bicyclic) bond motifs is 1. The van der Waals surface area contributed by atoms with E-state index in [-0.39, 0.29) is 30.1 Å². The number of aliphatic hydroxyl groups is 1. The minimum Gasteiger partial charge on any atom is -0.487 e. The Balaban J connectivity index is 1.67. The number of likely N-dealkylation sites (N-methyl/N-ethyl adjacent to an activating group) is 1. The van der Waals surface area contributed by atoms with Gasteiger partial charge in [-0.2, -0.15) is 4.31 Å². The summed E-state index contributed by atoms with van der Waals surface area (Å²) >= 11 is 0. The van der Waals surface area contributed by atoms with E-state index < -0.39 is 16.1 Å². The van der Waals surface area contributed by atoms with Crippen molar-refractivity contribution >= 4 is 10.0 Å². The van der Waals surface area contributed by atoms with E-state index in [1.807, 2.05) is 19.1 Å². The van der Waals surface area contributed by atoms with Gasteiger partial charge in [-0.05, 0) is 56.5 Å². The van der Waals surface area contributed by atoms with Crippen LogP contribution in [-0.4, -0.2) is 86.4 Å². The fourth-order valence-corrected chi connectivity index (χ4v) is 6.73. The molecule has 1 N–H and O–H groups in total. The van der Waals surface area contributed by atoms with Crippen LogP contribution in [-0.2, 0) is 14.8 Å². The Labute approximate surface area is 208 Å². The van der Waals surface area contributed by atoms with E-state index in [1.54, 1.807) is 37.5 Å². The SMILES string of the molecule is C[C@@H]1CN([C@@H](C)CO)S(=O)(=O)c2ccc(-c3cccnc3)cc2O[C@@H]1CN(C)CC1CCOCC1. The summed E-state index contributed by atoms with van der Waals surface area (Å²) in [5.74, 6) is 0.858. The third-order valence-corrected chi connectivity index (χ3v) is 9.08. The first kappa shape index (κ1) is 26.0. The summed E-state index contributed by atoms with van der Waals surface area (Å²) in [6, 6.07) is 8.46. The van der Waals surface area contributed by atoms with E-state index in [9.17, 15) is 13.5 Å². The van der Waals surface area contributed by atoms with Crippen molar-refractivity contribution in [1.82, 2.24) is 14.2 Å². The normalized spacial score (nSPS) is 24.3. The van der Waals surface area contributed by atoms with Crippen LogP contribution in [0.25, 0.3) is 11.1 Å². The molecule has 8 nitrogen and oxygen atoms in total. The van der Waals surface area contributed by atoms with E-state index in [1.165, 1.54) is 4.31 Å². The molecule has 1 aromatic heterocycles. The Kier molecular flexibility index (Phi) is 8.44. The number of nitrogens with zero attached hydrogens (tertiary/aromatic N) is 3. The lowest BCUT2D eigenvalue weighted by Gasteiger charge is -2.38. The first-order valence-corrected chi connectivity index (χ1v) is 13.8. The van der Waals surface area contributed by atoms with Crippen molar-refractivity contribution < 1.29 is 23.0 Å². The number of aliphatic hydroxyl groups excluding tert-OH is 1. The standard InChI is InChI=1S/C26H37N3O5S/c1-19-15-29(20(2)18-30)35(31,32)26-7-6-22(23-5-4-10-27-14-23)13-24(26)34-25(19)17-28(3)16-21-8-11-33-12-9-21/h4-7,10,13-14,19-21,25,30H,8-9,11-12,15-18H2,1-3H3/t19-,20+,25-/m1/s1. The summed E-state index contributed by atoms with van der Waals surface area (Å²) in [4.78, 5) is 6.62. The summed E-state index contributed by atoms with van der Waals surface area (Å²) in [7, 11) is -1.76. The summed E-state index contributed by atoms with van der Waals surface area (Å²) < 4.78 is 40.8. The number of ether oxygens (including phenoxy) is 2. The van der Waals surface area contributed by atoms with Gasteiger partial charge < -0.3 is 19.5 Å². The molecule has 1 saturated heterocycles. The van der Waals surface area contributed by atoms with Crippen molar-refractivity contribution in [3.63, 3.8) is 0 Å². The van der Waals surface area contributed by atoms with Crippen molar-refractivity contribution in [2.75, 3.05) is 46.5 Å². The zero-order valence-corrected chi connectivity index (χ0v) is 21.7. The fourth-order valence-electron chi connectivity index (χ4n) is 4.91. The lowest BCUT2D eigenvalue weighted by molar-refractivity contribution is 0.0402. The zero-order chi connectivity index (χ0) is 25.0. The molecule has 0 amide bonds. The molecule has 192 valence electrons. The van der Waals surface area contributed by atoms with Crippen LogP contribution in [0.4, 0.5) is 0 Å². The van der Waals surface area contributed by atoms with Gasteiger partial charge in [-0.15, -0.1) is 0 Å².